The third-order valence-electron chi connectivity index (χ3n) is 2.35. The van der Waals surface area contributed by atoms with E-state index in [1.165, 1.54) is 0 Å². The molecule has 2 aromatic rings. The lowest BCUT2D eigenvalue weighted by Crippen LogP contribution is -2.18. The maximum Gasteiger partial charge on any atom is 0.263 e. The lowest BCUT2D eigenvalue weighted by molar-refractivity contribution is 0.733. The number of pyridine rings is 1. The van der Waals surface area contributed by atoms with Crippen LogP contribution in [0.4, 0.5) is 5.82 Å². The molecule has 0 saturated heterocycles. The Hall–Kier alpha value is -1.78. The summed E-state index contributed by atoms with van der Waals surface area (Å²) in [5.41, 5.74) is 6.36. The van der Waals surface area contributed by atoms with Crippen LogP contribution in [0.25, 0.3) is 10.9 Å². The van der Waals surface area contributed by atoms with Gasteiger partial charge in [-0.25, -0.2) is 0 Å². The standard InChI is InChI=1S/C9H12N4O/c1-3-13-5-4-6-7(9(13)14)8(10)11-12(6)2/h4-5H,3H2,1-2H3,(H2,10,11). The summed E-state index contributed by atoms with van der Waals surface area (Å²) in [7, 11) is 1.77. The Morgan fingerprint density at radius 1 is 1.57 bits per heavy atom. The van der Waals surface area contributed by atoms with Gasteiger partial charge in [0.05, 0.1) is 5.52 Å². The molecule has 0 bridgehead atoms. The van der Waals surface area contributed by atoms with E-state index in [4.69, 9.17) is 5.73 Å². The summed E-state index contributed by atoms with van der Waals surface area (Å²) < 4.78 is 3.23. The predicted octanol–water partition coefficient (Wildman–Crippen LogP) is 0.337. The molecule has 74 valence electrons. The van der Waals surface area contributed by atoms with Crippen molar-refractivity contribution < 1.29 is 0 Å². The SMILES string of the molecule is CCn1ccc2c(c(N)nn2C)c1=O. The van der Waals surface area contributed by atoms with Crippen molar-refractivity contribution in [3.8, 4) is 0 Å². The Kier molecular flexibility index (Phi) is 1.80. The molecule has 5 nitrogen and oxygen atoms in total. The van der Waals surface area contributed by atoms with E-state index in [1.807, 2.05) is 13.0 Å². The number of rotatable bonds is 1. The van der Waals surface area contributed by atoms with E-state index in [0.717, 1.165) is 5.52 Å². The molecular weight excluding hydrogens is 180 g/mol. The lowest BCUT2D eigenvalue weighted by Gasteiger charge is -2.00. The highest BCUT2D eigenvalue weighted by Crippen LogP contribution is 2.14. The van der Waals surface area contributed by atoms with Crippen LogP contribution >= 0.6 is 0 Å². The van der Waals surface area contributed by atoms with E-state index in [0.29, 0.717) is 17.7 Å². The minimum absolute atomic E-state index is 0.0735. The van der Waals surface area contributed by atoms with E-state index in [1.54, 1.807) is 22.5 Å². The number of hydrogen-bond donors (Lipinski definition) is 1. The van der Waals surface area contributed by atoms with Gasteiger partial charge in [-0.05, 0) is 13.0 Å². The Morgan fingerprint density at radius 3 is 2.93 bits per heavy atom. The number of nitrogens with two attached hydrogens (primary N) is 1. The van der Waals surface area contributed by atoms with E-state index >= 15 is 0 Å². The van der Waals surface area contributed by atoms with Crippen LogP contribution in [0.2, 0.25) is 0 Å². The van der Waals surface area contributed by atoms with Gasteiger partial charge in [0.1, 0.15) is 5.39 Å². The molecule has 0 unspecified atom stereocenters. The van der Waals surface area contributed by atoms with E-state index in [-0.39, 0.29) is 5.56 Å². The zero-order chi connectivity index (χ0) is 10.3. The summed E-state index contributed by atoms with van der Waals surface area (Å²) >= 11 is 0. The Bertz CT molecular complexity index is 537. The number of aryl methyl sites for hydroxylation is 2. The number of aromatic nitrogens is 3. The van der Waals surface area contributed by atoms with Crippen LogP contribution < -0.4 is 11.3 Å². The first kappa shape index (κ1) is 8.80. The fourth-order valence-corrected chi connectivity index (χ4v) is 1.59. The first-order valence-electron chi connectivity index (χ1n) is 4.46. The lowest BCUT2D eigenvalue weighted by atomic mass is 10.3. The van der Waals surface area contributed by atoms with E-state index < -0.39 is 0 Å². The second-order valence-electron chi connectivity index (χ2n) is 3.18. The van der Waals surface area contributed by atoms with Gasteiger partial charge in [-0.2, -0.15) is 5.10 Å². The molecule has 0 saturated carbocycles. The van der Waals surface area contributed by atoms with Gasteiger partial charge in [0.15, 0.2) is 5.82 Å². The van der Waals surface area contributed by atoms with Gasteiger partial charge in [-0.15, -0.1) is 0 Å². The fraction of sp³-hybridized carbons (Fsp3) is 0.333. The van der Waals surface area contributed by atoms with Gasteiger partial charge in [0.2, 0.25) is 0 Å². The van der Waals surface area contributed by atoms with Gasteiger partial charge in [-0.1, -0.05) is 0 Å². The summed E-state index contributed by atoms with van der Waals surface area (Å²) in [6, 6.07) is 1.85. The molecule has 0 atom stereocenters. The highest BCUT2D eigenvalue weighted by Gasteiger charge is 2.10. The van der Waals surface area contributed by atoms with E-state index in [2.05, 4.69) is 5.10 Å². The Morgan fingerprint density at radius 2 is 2.29 bits per heavy atom. The molecule has 0 aliphatic rings. The van der Waals surface area contributed by atoms with Gasteiger partial charge in [0, 0.05) is 19.8 Å². The van der Waals surface area contributed by atoms with Crippen LogP contribution in [0.3, 0.4) is 0 Å². The van der Waals surface area contributed by atoms with Gasteiger partial charge in [-0.3, -0.25) is 9.48 Å². The van der Waals surface area contributed by atoms with Gasteiger partial charge >= 0.3 is 0 Å². The van der Waals surface area contributed by atoms with Gasteiger partial charge < -0.3 is 10.3 Å². The number of hydrogen-bond acceptors (Lipinski definition) is 3. The first-order chi connectivity index (χ1) is 6.65. The Labute approximate surface area is 80.7 Å². The zero-order valence-corrected chi connectivity index (χ0v) is 8.19. The van der Waals surface area contributed by atoms with Crippen LogP contribution in [0.15, 0.2) is 17.1 Å². The van der Waals surface area contributed by atoms with Crippen molar-refractivity contribution in [2.24, 2.45) is 7.05 Å². The van der Waals surface area contributed by atoms with Gasteiger partial charge in [0.25, 0.3) is 5.56 Å². The molecule has 14 heavy (non-hydrogen) atoms. The number of nitrogen functional groups attached to an aromatic ring is 1. The molecule has 0 aliphatic carbocycles. The molecule has 0 aromatic carbocycles. The van der Waals surface area contributed by atoms with E-state index in [9.17, 15) is 4.79 Å². The van der Waals surface area contributed by atoms with Crippen LogP contribution in [-0.4, -0.2) is 14.3 Å². The van der Waals surface area contributed by atoms with Crippen molar-refractivity contribution in [2.75, 3.05) is 5.73 Å². The van der Waals surface area contributed by atoms with Crippen molar-refractivity contribution in [1.82, 2.24) is 14.3 Å². The number of fused-ring (bicyclic) bond motifs is 1. The molecule has 5 heteroatoms. The summed E-state index contributed by atoms with van der Waals surface area (Å²) in [4.78, 5) is 11.8. The fourth-order valence-electron chi connectivity index (χ4n) is 1.59. The van der Waals surface area contributed by atoms with Crippen molar-refractivity contribution in [1.29, 1.82) is 0 Å². The van der Waals surface area contributed by atoms with Crippen LogP contribution in [0.1, 0.15) is 6.92 Å². The summed E-state index contributed by atoms with van der Waals surface area (Å²) in [6.07, 6.45) is 1.76. The molecule has 2 heterocycles. The first-order valence-corrected chi connectivity index (χ1v) is 4.46. The average Bonchev–Trinajstić information content (AvgIpc) is 2.44. The normalized spacial score (nSPS) is 11.0. The second-order valence-corrected chi connectivity index (χ2v) is 3.18. The third kappa shape index (κ3) is 1.02. The third-order valence-corrected chi connectivity index (χ3v) is 2.35. The summed E-state index contributed by atoms with van der Waals surface area (Å²) in [5, 5.41) is 4.52. The molecule has 0 spiro atoms. The quantitative estimate of drug-likeness (QED) is 0.708. The maximum absolute atomic E-state index is 11.8. The highest BCUT2D eigenvalue weighted by molar-refractivity contribution is 5.87. The van der Waals surface area contributed by atoms with Crippen molar-refractivity contribution in [3.63, 3.8) is 0 Å². The molecule has 2 N–H and O–H groups in total. The molecule has 0 amide bonds. The Balaban J connectivity index is 2.95. The topological polar surface area (TPSA) is 65.8 Å². The van der Waals surface area contributed by atoms with Crippen LogP contribution in [0, 0.1) is 0 Å². The number of nitrogens with zero attached hydrogens (tertiary/aromatic N) is 3. The van der Waals surface area contributed by atoms with Crippen LogP contribution in [-0.2, 0) is 13.6 Å². The molecular formula is C9H12N4O. The number of anilines is 1. The zero-order valence-electron chi connectivity index (χ0n) is 8.19. The monoisotopic (exact) mass is 192 g/mol. The highest BCUT2D eigenvalue weighted by atomic mass is 16.1. The second kappa shape index (κ2) is 2.87. The smallest absolute Gasteiger partial charge is 0.263 e. The minimum Gasteiger partial charge on any atom is -0.382 e. The van der Waals surface area contributed by atoms with Crippen molar-refractivity contribution >= 4 is 16.7 Å². The molecule has 0 aliphatic heterocycles. The average molecular weight is 192 g/mol. The van der Waals surface area contributed by atoms with Crippen molar-refractivity contribution in [2.45, 2.75) is 13.5 Å². The largest absolute Gasteiger partial charge is 0.382 e. The summed E-state index contributed by atoms with van der Waals surface area (Å²) in [6.45, 7) is 2.56. The molecule has 2 aromatic heterocycles. The molecule has 0 fully saturated rings. The summed E-state index contributed by atoms with van der Waals surface area (Å²) in [5.74, 6) is 0.301. The predicted molar refractivity (Wildman–Crippen MR) is 55.1 cm³/mol. The molecule has 0 radical (unpaired) electrons. The van der Waals surface area contributed by atoms with Crippen molar-refractivity contribution in [3.05, 3.63) is 22.6 Å². The molecule has 2 rings (SSSR count). The maximum atomic E-state index is 11.8. The van der Waals surface area contributed by atoms with Crippen LogP contribution in [0.5, 0.6) is 0 Å². The minimum atomic E-state index is -0.0735.